The monoisotopic (exact) mass is 319 g/mol. The van der Waals surface area contributed by atoms with E-state index in [2.05, 4.69) is 33.1 Å². The third-order valence-electron chi connectivity index (χ3n) is 3.88. The molecule has 0 amide bonds. The Morgan fingerprint density at radius 1 is 1.42 bits per heavy atom. The minimum absolute atomic E-state index is 0.504. The summed E-state index contributed by atoms with van der Waals surface area (Å²) in [6, 6.07) is 8.03. The summed E-state index contributed by atoms with van der Waals surface area (Å²) in [5.74, 6) is 12.7. The van der Waals surface area contributed by atoms with E-state index in [1.165, 1.54) is 12.8 Å². The topological polar surface area (TPSA) is 68.6 Å². The summed E-state index contributed by atoms with van der Waals surface area (Å²) >= 11 is 0. The van der Waals surface area contributed by atoms with Gasteiger partial charge in [0.25, 0.3) is 0 Å². The van der Waals surface area contributed by atoms with Crippen LogP contribution in [-0.2, 0) is 13.6 Å². The first-order valence-corrected chi connectivity index (χ1v) is 8.04. The Labute approximate surface area is 142 Å². The molecular formula is C19H21N5. The summed E-state index contributed by atoms with van der Waals surface area (Å²) in [5.41, 5.74) is 4.66. The zero-order chi connectivity index (χ0) is 16.9. The van der Waals surface area contributed by atoms with E-state index in [1.54, 1.807) is 10.9 Å². The lowest BCUT2D eigenvalue weighted by molar-refractivity contribution is 0.743. The van der Waals surface area contributed by atoms with Gasteiger partial charge in [-0.05, 0) is 43.5 Å². The average molecular weight is 319 g/mol. The Morgan fingerprint density at radius 2 is 2.25 bits per heavy atom. The van der Waals surface area contributed by atoms with Gasteiger partial charge in [-0.2, -0.15) is 10.2 Å². The van der Waals surface area contributed by atoms with Crippen LogP contribution in [0.15, 0.2) is 40.6 Å². The Morgan fingerprint density at radius 3 is 2.88 bits per heavy atom. The van der Waals surface area contributed by atoms with E-state index in [1.807, 2.05) is 38.4 Å². The van der Waals surface area contributed by atoms with Gasteiger partial charge in [-0.15, -0.1) is 0 Å². The standard InChI is InChI=1S/C19H21N5/c1-14-11-16(6-5-15-3-4-15)7-8-18(14)19(22-20)13-21-12-17-9-10-24(2)23-17/h7-11,13,15H,3-4,12,20H2,1-2H3/b21-13?,22-19+. The van der Waals surface area contributed by atoms with E-state index in [9.17, 15) is 0 Å². The molecule has 2 aromatic rings. The number of aromatic nitrogens is 2. The fraction of sp³-hybridized carbons (Fsp3) is 0.316. The van der Waals surface area contributed by atoms with Crippen LogP contribution in [-0.4, -0.2) is 21.7 Å². The molecule has 2 N–H and O–H groups in total. The van der Waals surface area contributed by atoms with E-state index < -0.39 is 0 Å². The van der Waals surface area contributed by atoms with Gasteiger partial charge >= 0.3 is 0 Å². The molecule has 24 heavy (non-hydrogen) atoms. The maximum absolute atomic E-state index is 5.55. The number of hydrogen-bond donors (Lipinski definition) is 1. The Bertz CT molecular complexity index is 844. The van der Waals surface area contributed by atoms with Crippen LogP contribution in [0.5, 0.6) is 0 Å². The summed E-state index contributed by atoms with van der Waals surface area (Å²) in [5, 5.41) is 8.17. The quantitative estimate of drug-likeness (QED) is 0.407. The second kappa shape index (κ2) is 7.14. The number of aliphatic imine (C=N–C) groups is 1. The van der Waals surface area contributed by atoms with Gasteiger partial charge < -0.3 is 5.84 Å². The average Bonchev–Trinajstić information content (AvgIpc) is 3.31. The first-order valence-electron chi connectivity index (χ1n) is 8.04. The highest BCUT2D eigenvalue weighted by atomic mass is 15.2. The van der Waals surface area contributed by atoms with Crippen molar-refractivity contribution in [1.29, 1.82) is 0 Å². The Kier molecular flexibility index (Phi) is 4.76. The van der Waals surface area contributed by atoms with Crippen molar-refractivity contribution >= 4 is 11.9 Å². The van der Waals surface area contributed by atoms with Crippen molar-refractivity contribution in [3.05, 3.63) is 52.8 Å². The maximum atomic E-state index is 5.55. The lowest BCUT2D eigenvalue weighted by Crippen LogP contribution is -2.08. The molecule has 0 saturated heterocycles. The number of benzene rings is 1. The zero-order valence-electron chi connectivity index (χ0n) is 14.0. The van der Waals surface area contributed by atoms with Crippen LogP contribution in [0.1, 0.15) is 35.2 Å². The van der Waals surface area contributed by atoms with Crippen LogP contribution in [0.3, 0.4) is 0 Å². The molecule has 0 aliphatic heterocycles. The molecule has 0 bridgehead atoms. The normalized spacial score (nSPS) is 14.7. The highest BCUT2D eigenvalue weighted by Gasteiger charge is 2.17. The molecule has 1 aliphatic rings. The molecule has 3 rings (SSSR count). The predicted octanol–water partition coefficient (Wildman–Crippen LogP) is 2.42. The summed E-state index contributed by atoms with van der Waals surface area (Å²) in [6.07, 6.45) is 6.07. The van der Waals surface area contributed by atoms with Crippen LogP contribution in [0.25, 0.3) is 0 Å². The van der Waals surface area contributed by atoms with Gasteiger partial charge in [-0.25, -0.2) is 0 Å². The van der Waals surface area contributed by atoms with E-state index in [0.29, 0.717) is 18.2 Å². The van der Waals surface area contributed by atoms with Crippen LogP contribution in [0.2, 0.25) is 0 Å². The van der Waals surface area contributed by atoms with Gasteiger partial charge in [0.05, 0.1) is 12.2 Å². The summed E-state index contributed by atoms with van der Waals surface area (Å²) < 4.78 is 1.76. The Hall–Kier alpha value is -2.87. The Balaban J connectivity index is 1.72. The highest BCUT2D eigenvalue weighted by Crippen LogP contribution is 2.27. The van der Waals surface area contributed by atoms with Crippen LogP contribution in [0.4, 0.5) is 0 Å². The molecular weight excluding hydrogens is 298 g/mol. The van der Waals surface area contributed by atoms with Crippen molar-refractivity contribution in [3.8, 4) is 11.8 Å². The summed E-state index contributed by atoms with van der Waals surface area (Å²) in [7, 11) is 1.89. The number of rotatable bonds is 4. The molecule has 5 heteroatoms. The molecule has 0 spiro atoms. The van der Waals surface area contributed by atoms with E-state index in [0.717, 1.165) is 22.4 Å². The summed E-state index contributed by atoms with van der Waals surface area (Å²) in [4.78, 5) is 4.39. The first-order chi connectivity index (χ1) is 11.7. The minimum atomic E-state index is 0.504. The molecule has 5 nitrogen and oxygen atoms in total. The van der Waals surface area contributed by atoms with Gasteiger partial charge in [-0.1, -0.05) is 17.9 Å². The number of nitrogens with zero attached hydrogens (tertiary/aromatic N) is 4. The molecule has 122 valence electrons. The highest BCUT2D eigenvalue weighted by molar-refractivity contribution is 6.38. The summed E-state index contributed by atoms with van der Waals surface area (Å²) in [6.45, 7) is 2.54. The van der Waals surface area contributed by atoms with E-state index in [-0.39, 0.29) is 0 Å². The lowest BCUT2D eigenvalue weighted by Gasteiger charge is -2.05. The maximum Gasteiger partial charge on any atom is 0.108 e. The fourth-order valence-electron chi connectivity index (χ4n) is 2.39. The molecule has 1 aromatic heterocycles. The van der Waals surface area contributed by atoms with E-state index >= 15 is 0 Å². The predicted molar refractivity (Wildman–Crippen MR) is 96.9 cm³/mol. The number of hydrogen-bond acceptors (Lipinski definition) is 4. The van der Waals surface area contributed by atoms with Crippen molar-refractivity contribution in [1.82, 2.24) is 9.78 Å². The first kappa shape index (κ1) is 16.0. The zero-order valence-corrected chi connectivity index (χ0v) is 14.0. The smallest absolute Gasteiger partial charge is 0.108 e. The minimum Gasteiger partial charge on any atom is -0.323 e. The number of aryl methyl sites for hydroxylation is 2. The third kappa shape index (κ3) is 4.11. The lowest BCUT2D eigenvalue weighted by atomic mass is 10.0. The second-order valence-electron chi connectivity index (χ2n) is 6.04. The van der Waals surface area contributed by atoms with Crippen molar-refractivity contribution in [2.24, 2.45) is 28.9 Å². The van der Waals surface area contributed by atoms with E-state index in [4.69, 9.17) is 5.84 Å². The molecule has 1 fully saturated rings. The van der Waals surface area contributed by atoms with Crippen molar-refractivity contribution in [2.45, 2.75) is 26.3 Å². The SMILES string of the molecule is Cc1cc(C#CC2CC2)ccc1/C(C=NCc1ccn(C)n1)=N/N. The molecule has 0 unspecified atom stereocenters. The van der Waals surface area contributed by atoms with Gasteiger partial charge in [0.2, 0.25) is 0 Å². The van der Waals surface area contributed by atoms with Gasteiger partial charge in [-0.3, -0.25) is 9.67 Å². The number of nitrogens with two attached hydrogens (primary N) is 1. The number of hydrazone groups is 1. The van der Waals surface area contributed by atoms with Gasteiger partial charge in [0.15, 0.2) is 0 Å². The van der Waals surface area contributed by atoms with Crippen LogP contribution >= 0.6 is 0 Å². The fourth-order valence-corrected chi connectivity index (χ4v) is 2.39. The van der Waals surface area contributed by atoms with Gasteiger partial charge in [0.1, 0.15) is 5.71 Å². The molecule has 1 aliphatic carbocycles. The second-order valence-corrected chi connectivity index (χ2v) is 6.04. The molecule has 0 atom stereocenters. The van der Waals surface area contributed by atoms with Crippen molar-refractivity contribution in [2.75, 3.05) is 0 Å². The third-order valence-corrected chi connectivity index (χ3v) is 3.88. The van der Waals surface area contributed by atoms with Crippen molar-refractivity contribution in [3.63, 3.8) is 0 Å². The van der Waals surface area contributed by atoms with Crippen LogP contribution < -0.4 is 5.84 Å². The van der Waals surface area contributed by atoms with Gasteiger partial charge in [0, 0.05) is 36.5 Å². The van der Waals surface area contributed by atoms with Crippen LogP contribution in [0, 0.1) is 24.7 Å². The molecule has 0 radical (unpaired) electrons. The molecule has 1 aromatic carbocycles. The molecule has 1 heterocycles. The van der Waals surface area contributed by atoms with Crippen molar-refractivity contribution < 1.29 is 0 Å². The largest absolute Gasteiger partial charge is 0.323 e. The molecule has 1 saturated carbocycles.